The Morgan fingerprint density at radius 2 is 1.54 bits per heavy atom. The van der Waals surface area contributed by atoms with E-state index >= 15 is 0 Å². The van der Waals surface area contributed by atoms with Crippen molar-refractivity contribution in [1.82, 2.24) is 4.90 Å². The van der Waals surface area contributed by atoms with E-state index in [0.29, 0.717) is 37.6 Å². The number of nitrogens with zero attached hydrogens (tertiary/aromatic N) is 2. The van der Waals surface area contributed by atoms with Crippen LogP contribution in [-0.2, 0) is 9.47 Å². The van der Waals surface area contributed by atoms with Crippen LogP contribution in [0, 0.1) is 5.82 Å². The second kappa shape index (κ2) is 7.80. The van der Waals surface area contributed by atoms with E-state index in [0.717, 1.165) is 0 Å². The van der Waals surface area contributed by atoms with Crippen LogP contribution in [0.15, 0.2) is 18.2 Å². The van der Waals surface area contributed by atoms with Crippen molar-refractivity contribution in [2.24, 2.45) is 0 Å². The van der Waals surface area contributed by atoms with Crippen molar-refractivity contribution < 1.29 is 18.7 Å². The van der Waals surface area contributed by atoms with Gasteiger partial charge in [-0.05, 0) is 45.9 Å². The average Bonchev–Trinajstić information content (AvgIpc) is 2.53. The first-order valence-electron chi connectivity index (χ1n) is 9.23. The van der Waals surface area contributed by atoms with Crippen LogP contribution < -0.4 is 10.2 Å². The van der Waals surface area contributed by atoms with E-state index in [9.17, 15) is 9.18 Å². The number of hydrogen-bond acceptors (Lipinski definition) is 4. The van der Waals surface area contributed by atoms with E-state index < -0.39 is 0 Å². The molecule has 0 aliphatic carbocycles. The summed E-state index contributed by atoms with van der Waals surface area (Å²) >= 11 is 0. The van der Waals surface area contributed by atoms with Gasteiger partial charge in [-0.3, -0.25) is 0 Å². The van der Waals surface area contributed by atoms with Gasteiger partial charge in [0.15, 0.2) is 0 Å². The lowest BCUT2D eigenvalue weighted by Gasteiger charge is -2.37. The highest BCUT2D eigenvalue weighted by Gasteiger charge is 2.27. The molecule has 1 N–H and O–H groups in total. The van der Waals surface area contributed by atoms with Gasteiger partial charge in [0.1, 0.15) is 5.82 Å². The Morgan fingerprint density at radius 1 is 1.00 bits per heavy atom. The molecule has 6 nitrogen and oxygen atoms in total. The van der Waals surface area contributed by atoms with Gasteiger partial charge in [0.05, 0.1) is 30.1 Å². The lowest BCUT2D eigenvalue weighted by Crippen LogP contribution is -2.49. The van der Waals surface area contributed by atoms with Crippen LogP contribution in [0.5, 0.6) is 0 Å². The molecule has 4 atom stereocenters. The minimum absolute atomic E-state index is 0.00564. The van der Waals surface area contributed by atoms with Crippen LogP contribution in [0.3, 0.4) is 0 Å². The van der Waals surface area contributed by atoms with Crippen molar-refractivity contribution in [3.63, 3.8) is 0 Å². The molecule has 2 fully saturated rings. The quantitative estimate of drug-likeness (QED) is 0.875. The van der Waals surface area contributed by atoms with Crippen molar-refractivity contribution in [3.05, 3.63) is 24.0 Å². The van der Waals surface area contributed by atoms with Crippen LogP contribution in [0.4, 0.5) is 20.6 Å². The molecule has 26 heavy (non-hydrogen) atoms. The van der Waals surface area contributed by atoms with Gasteiger partial charge in [-0.1, -0.05) is 0 Å². The van der Waals surface area contributed by atoms with E-state index in [4.69, 9.17) is 9.47 Å². The number of rotatable bonds is 2. The van der Waals surface area contributed by atoms with E-state index in [1.165, 1.54) is 6.07 Å². The number of carbonyl (C=O) groups is 1. The fraction of sp³-hybridized carbons (Fsp3) is 0.632. The van der Waals surface area contributed by atoms with Crippen molar-refractivity contribution in [2.75, 3.05) is 36.4 Å². The molecule has 1 aromatic rings. The second-order valence-corrected chi connectivity index (χ2v) is 7.42. The minimum atomic E-state index is -0.340. The molecule has 2 heterocycles. The summed E-state index contributed by atoms with van der Waals surface area (Å²) in [6.45, 7) is 10.2. The number of anilines is 2. The number of hydrogen-bond donors (Lipinski definition) is 1. The third-order valence-electron chi connectivity index (χ3n) is 4.67. The Hall–Kier alpha value is -1.86. The first-order valence-corrected chi connectivity index (χ1v) is 9.23. The van der Waals surface area contributed by atoms with Crippen LogP contribution >= 0.6 is 0 Å². The molecule has 1 aromatic carbocycles. The average molecular weight is 365 g/mol. The fourth-order valence-electron chi connectivity index (χ4n) is 3.76. The molecule has 3 rings (SSSR count). The maximum atomic E-state index is 14.6. The Kier molecular flexibility index (Phi) is 5.67. The van der Waals surface area contributed by atoms with Crippen LogP contribution in [0.1, 0.15) is 27.7 Å². The van der Waals surface area contributed by atoms with Crippen LogP contribution in [0.2, 0.25) is 0 Å². The number of urea groups is 1. The molecule has 0 radical (unpaired) electrons. The second-order valence-electron chi connectivity index (χ2n) is 7.42. The van der Waals surface area contributed by atoms with Crippen molar-refractivity contribution >= 4 is 17.4 Å². The first kappa shape index (κ1) is 18.9. The Morgan fingerprint density at radius 3 is 2.08 bits per heavy atom. The molecule has 4 unspecified atom stereocenters. The van der Waals surface area contributed by atoms with E-state index in [1.54, 1.807) is 17.0 Å². The lowest BCUT2D eigenvalue weighted by molar-refractivity contribution is -0.0530. The SMILES string of the molecule is CC1CN(C(=O)Nc2ccc(N3CC(C)OC(C)C3)c(F)c2)CC(C)O1. The monoisotopic (exact) mass is 365 g/mol. The maximum Gasteiger partial charge on any atom is 0.322 e. The van der Waals surface area contributed by atoms with E-state index in [2.05, 4.69) is 5.32 Å². The topological polar surface area (TPSA) is 54.0 Å². The molecular formula is C19H28FN3O3. The zero-order chi connectivity index (χ0) is 18.8. The molecule has 0 spiro atoms. The third-order valence-corrected chi connectivity index (χ3v) is 4.67. The van der Waals surface area contributed by atoms with Crippen LogP contribution in [0.25, 0.3) is 0 Å². The maximum absolute atomic E-state index is 14.6. The van der Waals surface area contributed by atoms with Gasteiger partial charge >= 0.3 is 6.03 Å². The summed E-state index contributed by atoms with van der Waals surface area (Å²) in [5.41, 5.74) is 0.996. The largest absolute Gasteiger partial charge is 0.372 e. The number of morpholine rings is 2. The van der Waals surface area contributed by atoms with E-state index in [-0.39, 0.29) is 36.3 Å². The summed E-state index contributed by atoms with van der Waals surface area (Å²) in [6, 6.07) is 4.62. The van der Waals surface area contributed by atoms with Gasteiger partial charge in [0, 0.05) is 31.9 Å². The fourth-order valence-corrected chi connectivity index (χ4v) is 3.76. The molecule has 0 saturated carbocycles. The Bertz CT molecular complexity index is 637. The Balaban J connectivity index is 1.66. The summed E-state index contributed by atoms with van der Waals surface area (Å²) in [5.74, 6) is -0.340. The zero-order valence-electron chi connectivity index (χ0n) is 15.9. The highest BCUT2D eigenvalue weighted by molar-refractivity contribution is 5.89. The summed E-state index contributed by atoms with van der Waals surface area (Å²) in [4.78, 5) is 16.1. The van der Waals surface area contributed by atoms with Gasteiger partial charge < -0.3 is 24.6 Å². The third kappa shape index (κ3) is 4.45. The molecule has 2 aliphatic heterocycles. The number of benzene rings is 1. The van der Waals surface area contributed by atoms with Gasteiger partial charge in [0.2, 0.25) is 0 Å². The van der Waals surface area contributed by atoms with Crippen molar-refractivity contribution in [3.8, 4) is 0 Å². The summed E-state index contributed by atoms with van der Waals surface area (Å²) in [7, 11) is 0. The predicted octanol–water partition coefficient (Wildman–Crippen LogP) is 3.08. The number of halogens is 1. The molecule has 0 aromatic heterocycles. The smallest absolute Gasteiger partial charge is 0.322 e. The first-order chi connectivity index (χ1) is 12.3. The van der Waals surface area contributed by atoms with Crippen LogP contribution in [-0.4, -0.2) is 61.5 Å². The molecule has 7 heteroatoms. The van der Waals surface area contributed by atoms with Crippen molar-refractivity contribution in [1.29, 1.82) is 0 Å². The van der Waals surface area contributed by atoms with E-state index in [1.807, 2.05) is 32.6 Å². The number of nitrogens with one attached hydrogen (secondary N) is 1. The normalized spacial score (nSPS) is 29.6. The van der Waals surface area contributed by atoms with Gasteiger partial charge in [-0.15, -0.1) is 0 Å². The van der Waals surface area contributed by atoms with Gasteiger partial charge in [-0.25, -0.2) is 9.18 Å². The molecule has 2 amide bonds. The Labute approximate surface area is 154 Å². The number of amides is 2. The molecule has 2 saturated heterocycles. The van der Waals surface area contributed by atoms with Gasteiger partial charge in [-0.2, -0.15) is 0 Å². The summed E-state index contributed by atoms with van der Waals surface area (Å²) < 4.78 is 26.0. The molecule has 144 valence electrons. The predicted molar refractivity (Wildman–Crippen MR) is 99.2 cm³/mol. The summed E-state index contributed by atoms with van der Waals surface area (Å²) in [5, 5.41) is 2.79. The highest BCUT2D eigenvalue weighted by Crippen LogP contribution is 2.26. The number of carbonyl (C=O) groups excluding carboxylic acids is 1. The molecule has 2 aliphatic rings. The number of ether oxygens (including phenoxy) is 2. The van der Waals surface area contributed by atoms with Gasteiger partial charge in [0.25, 0.3) is 0 Å². The van der Waals surface area contributed by atoms with Crippen molar-refractivity contribution in [2.45, 2.75) is 52.1 Å². The zero-order valence-corrected chi connectivity index (χ0v) is 15.9. The lowest BCUT2D eigenvalue weighted by atomic mass is 10.2. The molecular weight excluding hydrogens is 337 g/mol. The standard InChI is InChI=1S/C19H28FN3O3/c1-12-8-22(9-13(2)25-12)18-6-5-16(7-17(18)20)21-19(24)23-10-14(3)26-15(4)11-23/h5-7,12-15H,8-11H2,1-4H3,(H,21,24). The minimum Gasteiger partial charge on any atom is -0.372 e. The highest BCUT2D eigenvalue weighted by atomic mass is 19.1. The molecule has 0 bridgehead atoms. The summed E-state index contributed by atoms with van der Waals surface area (Å²) in [6.07, 6.45) is 0.105.